The summed E-state index contributed by atoms with van der Waals surface area (Å²) in [6.45, 7) is 4.17. The number of nitrogens with zero attached hydrogens (tertiary/aromatic N) is 4. The second-order valence-corrected chi connectivity index (χ2v) is 7.97. The molecule has 2 heterocycles. The Morgan fingerprint density at radius 1 is 1.11 bits per heavy atom. The highest BCUT2D eigenvalue weighted by Gasteiger charge is 2.17. The van der Waals surface area contributed by atoms with E-state index in [-0.39, 0.29) is 11.6 Å². The fourth-order valence-electron chi connectivity index (χ4n) is 2.97. The molecule has 2 aromatic heterocycles. The maximum absolute atomic E-state index is 12.3. The van der Waals surface area contributed by atoms with Crippen LogP contribution in [0.1, 0.15) is 25.7 Å². The number of aromatic amines is 1. The molecule has 142 valence electrons. The maximum Gasteiger partial charge on any atom is 0.258 e. The third-order valence-electron chi connectivity index (χ3n) is 4.28. The lowest BCUT2D eigenvalue weighted by Gasteiger charge is -2.13. The van der Waals surface area contributed by atoms with Crippen molar-refractivity contribution >= 4 is 34.3 Å². The first-order valence-electron chi connectivity index (χ1n) is 8.84. The van der Waals surface area contributed by atoms with Crippen LogP contribution in [0.2, 0.25) is 5.02 Å². The van der Waals surface area contributed by atoms with Crippen LogP contribution in [0.3, 0.4) is 0 Å². The van der Waals surface area contributed by atoms with Crippen molar-refractivity contribution in [2.45, 2.75) is 30.8 Å². The third-order valence-corrected chi connectivity index (χ3v) is 5.49. The van der Waals surface area contributed by atoms with Gasteiger partial charge >= 0.3 is 0 Å². The summed E-state index contributed by atoms with van der Waals surface area (Å²) in [6, 6.07) is 15.0. The Bertz CT molecular complexity index is 1180. The van der Waals surface area contributed by atoms with Crippen LogP contribution in [0.25, 0.3) is 22.3 Å². The van der Waals surface area contributed by atoms with Gasteiger partial charge in [-0.25, -0.2) is 4.98 Å². The highest BCUT2D eigenvalue weighted by atomic mass is 35.5. The number of rotatable bonds is 5. The van der Waals surface area contributed by atoms with E-state index in [4.69, 9.17) is 11.6 Å². The SMILES string of the molecule is CC(C)n1c(SCc2nc3ccccc3c(=O)[nH]2)nnc1-c1ccc(Cl)cc1. The van der Waals surface area contributed by atoms with E-state index in [1.807, 2.05) is 42.5 Å². The lowest BCUT2D eigenvalue weighted by molar-refractivity contribution is 0.555. The molecule has 0 saturated heterocycles. The number of para-hydroxylation sites is 1. The molecule has 0 aliphatic carbocycles. The molecular weight excluding hydrogens is 394 g/mol. The molecule has 2 aromatic carbocycles. The molecule has 0 fully saturated rings. The Balaban J connectivity index is 1.64. The molecule has 4 aromatic rings. The van der Waals surface area contributed by atoms with Gasteiger partial charge in [-0.3, -0.25) is 9.36 Å². The van der Waals surface area contributed by atoms with E-state index in [2.05, 4.69) is 38.6 Å². The van der Waals surface area contributed by atoms with Gasteiger partial charge in [0.15, 0.2) is 11.0 Å². The molecule has 1 N–H and O–H groups in total. The van der Waals surface area contributed by atoms with Crippen LogP contribution >= 0.6 is 23.4 Å². The zero-order chi connectivity index (χ0) is 19.7. The quantitative estimate of drug-likeness (QED) is 0.481. The van der Waals surface area contributed by atoms with E-state index < -0.39 is 0 Å². The van der Waals surface area contributed by atoms with Gasteiger partial charge in [0, 0.05) is 16.6 Å². The van der Waals surface area contributed by atoms with E-state index in [1.54, 1.807) is 6.07 Å². The lowest BCUT2D eigenvalue weighted by Crippen LogP contribution is -2.11. The van der Waals surface area contributed by atoms with Gasteiger partial charge in [0.05, 0.1) is 16.7 Å². The van der Waals surface area contributed by atoms with Gasteiger partial charge in [-0.15, -0.1) is 10.2 Å². The molecule has 0 bridgehead atoms. The van der Waals surface area contributed by atoms with E-state index in [0.29, 0.717) is 27.5 Å². The molecule has 0 radical (unpaired) electrons. The summed E-state index contributed by atoms with van der Waals surface area (Å²) in [5.41, 5.74) is 1.51. The third kappa shape index (κ3) is 3.68. The predicted octanol–water partition coefficient (Wildman–Crippen LogP) is 4.71. The van der Waals surface area contributed by atoms with Crippen molar-refractivity contribution in [3.8, 4) is 11.4 Å². The average Bonchev–Trinajstić information content (AvgIpc) is 3.11. The van der Waals surface area contributed by atoms with E-state index >= 15 is 0 Å². The van der Waals surface area contributed by atoms with Crippen molar-refractivity contribution in [1.29, 1.82) is 0 Å². The summed E-state index contributed by atoms with van der Waals surface area (Å²) in [5, 5.41) is 10.8. The van der Waals surface area contributed by atoms with Crippen LogP contribution in [0.15, 0.2) is 58.5 Å². The number of H-pyrrole nitrogens is 1. The van der Waals surface area contributed by atoms with Gasteiger partial charge in [-0.1, -0.05) is 35.5 Å². The van der Waals surface area contributed by atoms with E-state index in [0.717, 1.165) is 16.5 Å². The topological polar surface area (TPSA) is 76.5 Å². The van der Waals surface area contributed by atoms with Crippen molar-refractivity contribution in [3.63, 3.8) is 0 Å². The second kappa shape index (κ2) is 7.77. The first-order valence-corrected chi connectivity index (χ1v) is 10.2. The minimum absolute atomic E-state index is 0.131. The number of aromatic nitrogens is 5. The maximum atomic E-state index is 12.3. The summed E-state index contributed by atoms with van der Waals surface area (Å²) in [7, 11) is 0. The first kappa shape index (κ1) is 18.7. The van der Waals surface area contributed by atoms with Gasteiger partial charge in [0.1, 0.15) is 5.82 Å². The summed E-state index contributed by atoms with van der Waals surface area (Å²) in [6.07, 6.45) is 0. The van der Waals surface area contributed by atoms with Gasteiger partial charge in [-0.05, 0) is 50.2 Å². The van der Waals surface area contributed by atoms with E-state index in [9.17, 15) is 4.79 Å². The molecule has 0 aliphatic rings. The largest absolute Gasteiger partial charge is 0.309 e. The Morgan fingerprint density at radius 3 is 2.61 bits per heavy atom. The standard InChI is InChI=1S/C20H18ClN5OS/c1-12(2)26-18(13-7-9-14(21)10-8-13)24-25-20(26)28-11-17-22-16-6-4-3-5-15(16)19(27)23-17/h3-10,12H,11H2,1-2H3,(H,22,23,27). The molecule has 28 heavy (non-hydrogen) atoms. The van der Waals surface area contributed by atoms with Gasteiger partial charge in [0.25, 0.3) is 5.56 Å². The van der Waals surface area contributed by atoms with Crippen molar-refractivity contribution in [2.24, 2.45) is 0 Å². The number of fused-ring (bicyclic) bond motifs is 1. The van der Waals surface area contributed by atoms with Gasteiger partial charge in [0.2, 0.25) is 0 Å². The summed E-state index contributed by atoms with van der Waals surface area (Å²) in [4.78, 5) is 19.7. The minimum atomic E-state index is -0.131. The number of thioether (sulfide) groups is 1. The summed E-state index contributed by atoms with van der Waals surface area (Å²) in [5.74, 6) is 1.89. The fraction of sp³-hybridized carbons (Fsp3) is 0.200. The Hall–Kier alpha value is -2.64. The zero-order valence-electron chi connectivity index (χ0n) is 15.4. The zero-order valence-corrected chi connectivity index (χ0v) is 17.0. The number of hydrogen-bond acceptors (Lipinski definition) is 5. The monoisotopic (exact) mass is 411 g/mol. The molecule has 0 saturated carbocycles. The molecule has 0 spiro atoms. The van der Waals surface area contributed by atoms with Crippen LogP contribution < -0.4 is 5.56 Å². The predicted molar refractivity (Wildman–Crippen MR) is 113 cm³/mol. The molecule has 0 atom stereocenters. The number of hydrogen-bond donors (Lipinski definition) is 1. The molecule has 0 aliphatic heterocycles. The van der Waals surface area contributed by atoms with Gasteiger partial charge < -0.3 is 4.98 Å². The van der Waals surface area contributed by atoms with Crippen LogP contribution in [-0.4, -0.2) is 24.7 Å². The summed E-state index contributed by atoms with van der Waals surface area (Å²) >= 11 is 7.49. The van der Waals surface area contributed by atoms with Crippen molar-refractivity contribution in [1.82, 2.24) is 24.7 Å². The average molecular weight is 412 g/mol. The van der Waals surface area contributed by atoms with Crippen molar-refractivity contribution in [2.75, 3.05) is 0 Å². The molecule has 0 amide bonds. The molecule has 6 nitrogen and oxygen atoms in total. The Labute approximate surface area is 171 Å². The highest BCUT2D eigenvalue weighted by Crippen LogP contribution is 2.29. The van der Waals surface area contributed by atoms with Crippen LogP contribution in [0.4, 0.5) is 0 Å². The summed E-state index contributed by atoms with van der Waals surface area (Å²) < 4.78 is 2.08. The van der Waals surface area contributed by atoms with Crippen molar-refractivity contribution in [3.05, 3.63) is 69.7 Å². The minimum Gasteiger partial charge on any atom is -0.309 e. The molecule has 0 unspecified atom stereocenters. The first-order chi connectivity index (χ1) is 13.5. The van der Waals surface area contributed by atoms with Crippen LogP contribution in [-0.2, 0) is 5.75 Å². The second-order valence-electron chi connectivity index (χ2n) is 6.60. The van der Waals surface area contributed by atoms with Crippen LogP contribution in [0, 0.1) is 0 Å². The lowest BCUT2D eigenvalue weighted by atomic mass is 10.2. The van der Waals surface area contributed by atoms with Gasteiger partial charge in [-0.2, -0.15) is 0 Å². The fourth-order valence-corrected chi connectivity index (χ4v) is 4.04. The number of benzene rings is 2. The molecule has 8 heteroatoms. The number of nitrogens with one attached hydrogen (secondary N) is 1. The Kier molecular flexibility index (Phi) is 5.19. The smallest absolute Gasteiger partial charge is 0.258 e. The van der Waals surface area contributed by atoms with Crippen molar-refractivity contribution < 1.29 is 0 Å². The Morgan fingerprint density at radius 2 is 1.86 bits per heavy atom. The number of halogens is 1. The normalized spacial score (nSPS) is 11.4. The van der Waals surface area contributed by atoms with E-state index in [1.165, 1.54) is 11.8 Å². The van der Waals surface area contributed by atoms with Crippen LogP contribution in [0.5, 0.6) is 0 Å². The highest BCUT2D eigenvalue weighted by molar-refractivity contribution is 7.98. The molecule has 4 rings (SSSR count). The molecular formula is C20H18ClN5OS.